The molecule has 0 spiro atoms. The maximum absolute atomic E-state index is 11.4. The number of carbonyl (C=O) groups is 2. The molecule has 0 radical (unpaired) electrons. The average Bonchev–Trinajstić information content (AvgIpc) is 2.34. The fourth-order valence-corrected chi connectivity index (χ4v) is 1.31. The Morgan fingerprint density at radius 1 is 1.37 bits per heavy atom. The van der Waals surface area contributed by atoms with Gasteiger partial charge in [0.1, 0.15) is 12.6 Å². The molecule has 0 aliphatic heterocycles. The van der Waals surface area contributed by atoms with Gasteiger partial charge >= 0.3 is 30.9 Å². The first-order valence-corrected chi connectivity index (χ1v) is 5.55. The number of nitrogens with one attached hydrogen (secondary N) is 1. The van der Waals surface area contributed by atoms with Crippen LogP contribution in [0.4, 0.5) is 4.79 Å². The zero-order valence-electron chi connectivity index (χ0n) is 10.3. The minimum atomic E-state index is -1.08. The van der Waals surface area contributed by atoms with Crippen molar-refractivity contribution in [3.05, 3.63) is 30.1 Å². The van der Waals surface area contributed by atoms with Gasteiger partial charge in [0.25, 0.3) is 0 Å². The van der Waals surface area contributed by atoms with E-state index in [2.05, 4.69) is 10.3 Å². The number of hydrogen-bond donors (Lipinski definition) is 2. The van der Waals surface area contributed by atoms with E-state index < -0.39 is 18.1 Å². The van der Waals surface area contributed by atoms with Gasteiger partial charge in [-0.3, -0.25) is 4.98 Å². The number of amides is 1. The van der Waals surface area contributed by atoms with E-state index >= 15 is 0 Å². The summed E-state index contributed by atoms with van der Waals surface area (Å²) in [7, 11) is 0. The Hall–Kier alpha value is -1.51. The number of ether oxygens (including phenoxy) is 1. The monoisotopic (exact) mass is 260 g/mol. The van der Waals surface area contributed by atoms with Crippen molar-refractivity contribution in [3.8, 4) is 0 Å². The SMILES string of the molecule is CC(C)C(NC(=O)OCc1ccncc1)C(=O)O.[LiH]. The summed E-state index contributed by atoms with van der Waals surface area (Å²) in [5.74, 6) is -1.29. The third kappa shape index (κ3) is 6.27. The van der Waals surface area contributed by atoms with Gasteiger partial charge in [-0.15, -0.1) is 0 Å². The van der Waals surface area contributed by atoms with Crippen molar-refractivity contribution in [3.63, 3.8) is 0 Å². The molecule has 0 saturated heterocycles. The fraction of sp³-hybridized carbons (Fsp3) is 0.417. The molecule has 0 fully saturated rings. The second-order valence-electron chi connectivity index (χ2n) is 4.14. The van der Waals surface area contributed by atoms with Crippen LogP contribution in [-0.2, 0) is 16.1 Å². The van der Waals surface area contributed by atoms with Gasteiger partial charge in [0.05, 0.1) is 0 Å². The number of rotatable bonds is 5. The number of pyridine rings is 1. The molecule has 1 heterocycles. The van der Waals surface area contributed by atoms with Crippen molar-refractivity contribution in [1.29, 1.82) is 0 Å². The molecule has 19 heavy (non-hydrogen) atoms. The number of alkyl carbamates (subject to hydrolysis) is 1. The van der Waals surface area contributed by atoms with Gasteiger partial charge in [-0.2, -0.15) is 0 Å². The Labute approximate surface area is 123 Å². The number of aliphatic carboxylic acids is 1. The molecule has 100 valence electrons. The van der Waals surface area contributed by atoms with E-state index in [0.717, 1.165) is 5.56 Å². The predicted octanol–water partition coefficient (Wildman–Crippen LogP) is 0.768. The molecule has 6 nitrogen and oxygen atoms in total. The van der Waals surface area contributed by atoms with Crippen LogP contribution in [0.1, 0.15) is 19.4 Å². The molecule has 0 aliphatic carbocycles. The quantitative estimate of drug-likeness (QED) is 0.763. The van der Waals surface area contributed by atoms with Crippen LogP contribution in [-0.4, -0.2) is 47.1 Å². The molecule has 1 amide bonds. The van der Waals surface area contributed by atoms with Crippen molar-refractivity contribution in [2.24, 2.45) is 5.92 Å². The molecule has 0 aliphatic rings. The molecular formula is C12H17LiN2O4. The second kappa shape index (κ2) is 8.57. The summed E-state index contributed by atoms with van der Waals surface area (Å²) in [4.78, 5) is 26.1. The van der Waals surface area contributed by atoms with Crippen molar-refractivity contribution < 1.29 is 19.4 Å². The summed E-state index contributed by atoms with van der Waals surface area (Å²) in [6, 6.07) is 2.48. The molecule has 1 atom stereocenters. The van der Waals surface area contributed by atoms with Crippen molar-refractivity contribution in [2.45, 2.75) is 26.5 Å². The number of hydrogen-bond acceptors (Lipinski definition) is 4. The van der Waals surface area contributed by atoms with Crippen molar-refractivity contribution >= 4 is 30.9 Å². The van der Waals surface area contributed by atoms with E-state index in [1.54, 1.807) is 38.4 Å². The first-order valence-electron chi connectivity index (χ1n) is 5.55. The number of carboxylic acids is 1. The first kappa shape index (κ1) is 17.5. The second-order valence-corrected chi connectivity index (χ2v) is 4.14. The zero-order valence-corrected chi connectivity index (χ0v) is 10.3. The van der Waals surface area contributed by atoms with Crippen molar-refractivity contribution in [2.75, 3.05) is 0 Å². The summed E-state index contributed by atoms with van der Waals surface area (Å²) in [5, 5.41) is 11.2. The van der Waals surface area contributed by atoms with E-state index in [-0.39, 0.29) is 31.4 Å². The molecule has 1 rings (SSSR count). The van der Waals surface area contributed by atoms with Gasteiger partial charge in [-0.1, -0.05) is 13.8 Å². The number of carbonyl (C=O) groups excluding carboxylic acids is 1. The van der Waals surface area contributed by atoms with Gasteiger partial charge in [0.2, 0.25) is 0 Å². The van der Waals surface area contributed by atoms with Gasteiger partial charge in [0, 0.05) is 12.4 Å². The van der Waals surface area contributed by atoms with E-state index in [4.69, 9.17) is 9.84 Å². The molecule has 7 heteroatoms. The van der Waals surface area contributed by atoms with Crippen molar-refractivity contribution in [1.82, 2.24) is 10.3 Å². The van der Waals surface area contributed by atoms with E-state index in [1.165, 1.54) is 0 Å². The van der Waals surface area contributed by atoms with Crippen LogP contribution < -0.4 is 5.32 Å². The summed E-state index contributed by atoms with van der Waals surface area (Å²) in [6.45, 7) is 3.50. The number of aromatic nitrogens is 1. The molecule has 1 aromatic heterocycles. The summed E-state index contributed by atoms with van der Waals surface area (Å²) in [6.07, 6.45) is 2.43. The van der Waals surface area contributed by atoms with Crippen LogP contribution in [0.5, 0.6) is 0 Å². The summed E-state index contributed by atoms with van der Waals surface area (Å²) < 4.78 is 4.92. The predicted molar refractivity (Wildman–Crippen MR) is 71.0 cm³/mol. The van der Waals surface area contributed by atoms with E-state index in [0.29, 0.717) is 0 Å². The average molecular weight is 260 g/mol. The third-order valence-corrected chi connectivity index (χ3v) is 2.33. The van der Waals surface area contributed by atoms with Crippen LogP contribution in [0, 0.1) is 5.92 Å². The van der Waals surface area contributed by atoms with Gasteiger partial charge in [0.15, 0.2) is 0 Å². The maximum atomic E-state index is 11.4. The van der Waals surface area contributed by atoms with Crippen LogP contribution in [0.25, 0.3) is 0 Å². The minimum absolute atomic E-state index is 0. The number of nitrogens with zero attached hydrogens (tertiary/aromatic N) is 1. The Morgan fingerprint density at radius 3 is 2.42 bits per heavy atom. The number of carboxylic acid groups (broad SMARTS) is 1. The Balaban J connectivity index is 0.00000324. The first-order chi connectivity index (χ1) is 8.50. The van der Waals surface area contributed by atoms with Crippen LogP contribution in [0.2, 0.25) is 0 Å². The topological polar surface area (TPSA) is 88.5 Å². The molecule has 2 N–H and O–H groups in total. The summed E-state index contributed by atoms with van der Waals surface area (Å²) >= 11 is 0. The molecule has 0 bridgehead atoms. The molecule has 1 unspecified atom stereocenters. The van der Waals surface area contributed by atoms with Gasteiger partial charge < -0.3 is 15.2 Å². The Bertz CT molecular complexity index is 411. The molecular weight excluding hydrogens is 243 g/mol. The van der Waals surface area contributed by atoms with E-state index in [9.17, 15) is 9.59 Å². The fourth-order valence-electron chi connectivity index (χ4n) is 1.31. The normalized spacial score (nSPS) is 11.3. The van der Waals surface area contributed by atoms with Gasteiger partial charge in [-0.05, 0) is 23.6 Å². The molecule has 1 aromatic rings. The zero-order chi connectivity index (χ0) is 13.5. The Morgan fingerprint density at radius 2 is 1.95 bits per heavy atom. The molecule has 0 saturated carbocycles. The van der Waals surface area contributed by atoms with Gasteiger partial charge in [-0.25, -0.2) is 9.59 Å². The van der Waals surface area contributed by atoms with Crippen LogP contribution in [0.15, 0.2) is 24.5 Å². The standard InChI is InChI=1S/C12H16N2O4.Li.H/c1-8(2)10(11(15)16)14-12(17)18-7-9-3-5-13-6-4-9;;/h3-6,8,10H,7H2,1-2H3,(H,14,17)(H,15,16);;. The third-order valence-electron chi connectivity index (χ3n) is 2.33. The summed E-state index contributed by atoms with van der Waals surface area (Å²) in [5.41, 5.74) is 0.788. The van der Waals surface area contributed by atoms with E-state index in [1.807, 2.05) is 0 Å². The van der Waals surface area contributed by atoms with Crippen LogP contribution in [0.3, 0.4) is 0 Å². The molecule has 0 aromatic carbocycles. The Kier molecular flexibility index (Phi) is 7.88. The van der Waals surface area contributed by atoms with Crippen LogP contribution >= 0.6 is 0 Å².